The summed E-state index contributed by atoms with van der Waals surface area (Å²) in [5.74, 6) is -0.631. The molecule has 0 amide bonds. The summed E-state index contributed by atoms with van der Waals surface area (Å²) in [4.78, 5) is 11.2. The van der Waals surface area contributed by atoms with E-state index in [1.165, 1.54) is 13.2 Å². The second kappa shape index (κ2) is 8.60. The predicted octanol–water partition coefficient (Wildman–Crippen LogP) is 0.407. The lowest BCUT2D eigenvalue weighted by atomic mass is 9.85. The van der Waals surface area contributed by atoms with Gasteiger partial charge in [-0.15, -0.1) is 0 Å². The molecule has 0 aromatic heterocycles. The van der Waals surface area contributed by atoms with E-state index in [1.54, 1.807) is 13.8 Å². The van der Waals surface area contributed by atoms with E-state index in [9.17, 15) is 20.1 Å². The van der Waals surface area contributed by atoms with Crippen LogP contribution in [-0.2, 0) is 19.0 Å². The minimum absolute atomic E-state index is 0.00713. The molecular weight excluding hydrogens is 328 g/mol. The predicted molar refractivity (Wildman–Crippen MR) is 89.8 cm³/mol. The maximum Gasteiger partial charge on any atom is 0.330 e. The summed E-state index contributed by atoms with van der Waals surface area (Å²) in [7, 11) is 1.30. The first kappa shape index (κ1) is 20.3. The molecule has 2 aliphatic rings. The largest absolute Gasteiger partial charge is 0.466 e. The van der Waals surface area contributed by atoms with Crippen molar-refractivity contribution < 1.29 is 34.3 Å². The fourth-order valence-electron chi connectivity index (χ4n) is 3.35. The monoisotopic (exact) mass is 358 g/mol. The van der Waals surface area contributed by atoms with Crippen LogP contribution in [0.2, 0.25) is 0 Å². The Morgan fingerprint density at radius 1 is 1.28 bits per heavy atom. The molecule has 3 N–H and O–H groups in total. The van der Waals surface area contributed by atoms with Crippen molar-refractivity contribution in [3.8, 4) is 0 Å². The van der Waals surface area contributed by atoms with Crippen molar-refractivity contribution in [1.29, 1.82) is 0 Å². The number of rotatable bonds is 7. The van der Waals surface area contributed by atoms with E-state index in [2.05, 4.69) is 4.74 Å². The molecule has 0 aromatic carbocycles. The molecule has 0 saturated carbocycles. The molecule has 25 heavy (non-hydrogen) atoms. The van der Waals surface area contributed by atoms with Gasteiger partial charge in [0.05, 0.1) is 44.2 Å². The van der Waals surface area contributed by atoms with Crippen LogP contribution in [0.15, 0.2) is 11.6 Å². The van der Waals surface area contributed by atoms with Crippen LogP contribution in [0.4, 0.5) is 0 Å². The fraction of sp³-hybridized carbons (Fsp3) is 0.833. The van der Waals surface area contributed by atoms with E-state index >= 15 is 0 Å². The van der Waals surface area contributed by atoms with Gasteiger partial charge in [-0.3, -0.25) is 0 Å². The Kier molecular flexibility index (Phi) is 6.99. The van der Waals surface area contributed by atoms with E-state index in [0.29, 0.717) is 19.4 Å². The fourth-order valence-corrected chi connectivity index (χ4v) is 3.35. The van der Waals surface area contributed by atoms with Gasteiger partial charge < -0.3 is 29.5 Å². The van der Waals surface area contributed by atoms with E-state index in [-0.39, 0.29) is 24.0 Å². The van der Waals surface area contributed by atoms with Crippen LogP contribution in [0.3, 0.4) is 0 Å². The topological polar surface area (TPSA) is 109 Å². The van der Waals surface area contributed by atoms with Gasteiger partial charge in [0.15, 0.2) is 0 Å². The molecule has 0 bridgehead atoms. The number of carbonyl (C=O) groups excluding carboxylic acids is 1. The number of carbonyl (C=O) groups is 1. The number of methoxy groups -OCH3 is 1. The number of esters is 1. The average molecular weight is 358 g/mol. The van der Waals surface area contributed by atoms with E-state index in [1.807, 2.05) is 6.92 Å². The van der Waals surface area contributed by atoms with Gasteiger partial charge in [-0.25, -0.2) is 4.79 Å². The van der Waals surface area contributed by atoms with Crippen LogP contribution >= 0.6 is 0 Å². The quantitative estimate of drug-likeness (QED) is 0.343. The van der Waals surface area contributed by atoms with Gasteiger partial charge in [0, 0.05) is 17.9 Å². The molecule has 144 valence electrons. The summed E-state index contributed by atoms with van der Waals surface area (Å²) >= 11 is 0. The van der Waals surface area contributed by atoms with Crippen LogP contribution in [-0.4, -0.2) is 71.6 Å². The summed E-state index contributed by atoms with van der Waals surface area (Å²) in [5.41, 5.74) is 0.720. The highest BCUT2D eigenvalue weighted by Gasteiger charge is 2.48. The van der Waals surface area contributed by atoms with Crippen LogP contribution in [0.5, 0.6) is 0 Å². The molecule has 7 nitrogen and oxygen atoms in total. The second-order valence-electron chi connectivity index (χ2n) is 7.31. The third-order valence-electron chi connectivity index (χ3n) is 5.26. The highest BCUT2D eigenvalue weighted by atomic mass is 16.6. The van der Waals surface area contributed by atoms with E-state index < -0.39 is 30.4 Å². The summed E-state index contributed by atoms with van der Waals surface area (Å²) in [5, 5.41) is 30.4. The van der Waals surface area contributed by atoms with Crippen molar-refractivity contribution in [3.05, 3.63) is 11.6 Å². The normalized spacial score (nSPS) is 38.1. The summed E-state index contributed by atoms with van der Waals surface area (Å²) in [6.07, 6.45) is -0.658. The zero-order valence-corrected chi connectivity index (χ0v) is 15.3. The third kappa shape index (κ3) is 5.24. The maximum atomic E-state index is 11.2. The molecule has 0 aromatic rings. The zero-order valence-electron chi connectivity index (χ0n) is 15.3. The molecule has 2 fully saturated rings. The third-order valence-corrected chi connectivity index (χ3v) is 5.26. The number of hydrogen-bond donors (Lipinski definition) is 3. The number of aliphatic hydroxyl groups excluding tert-OH is 3. The Balaban J connectivity index is 1.84. The highest BCUT2D eigenvalue weighted by molar-refractivity contribution is 5.82. The number of epoxide rings is 1. The van der Waals surface area contributed by atoms with Crippen molar-refractivity contribution in [2.45, 2.75) is 70.2 Å². The molecule has 0 radical (unpaired) electrons. The molecule has 0 unspecified atom stereocenters. The van der Waals surface area contributed by atoms with Gasteiger partial charge in [0.1, 0.15) is 6.10 Å². The van der Waals surface area contributed by atoms with Gasteiger partial charge in [0.2, 0.25) is 0 Å². The summed E-state index contributed by atoms with van der Waals surface area (Å²) in [6, 6.07) is 0. The van der Waals surface area contributed by atoms with E-state index in [0.717, 1.165) is 5.57 Å². The standard InChI is InChI=1S/C18H30O7/c1-9(6-15(20)23-4)5-13-17(22)16(21)12(8-24-13)7-14-18(25-14)10(2)11(3)19/h6,10-14,16-19,21-22H,5,7-8H2,1-4H3/b9-6+/t10-,11+,12-,13-,14-,16+,17-,18-/m0/s1. The average Bonchev–Trinajstić information content (AvgIpc) is 3.32. The Morgan fingerprint density at radius 3 is 2.56 bits per heavy atom. The lowest BCUT2D eigenvalue weighted by Crippen LogP contribution is -2.50. The SMILES string of the molecule is COC(=O)/C=C(\C)C[C@@H]1OC[C@H](C[C@@H]2O[C@H]2[C@@H](C)[C@@H](C)O)[C@@H](O)[C@H]1O. The molecule has 2 rings (SSSR count). The second-order valence-corrected chi connectivity index (χ2v) is 7.31. The van der Waals surface area contributed by atoms with Crippen molar-refractivity contribution in [2.75, 3.05) is 13.7 Å². The number of ether oxygens (including phenoxy) is 3. The van der Waals surface area contributed by atoms with Crippen molar-refractivity contribution in [3.63, 3.8) is 0 Å². The first-order valence-electron chi connectivity index (χ1n) is 8.81. The van der Waals surface area contributed by atoms with Crippen molar-refractivity contribution in [1.82, 2.24) is 0 Å². The molecule has 2 saturated heterocycles. The maximum absolute atomic E-state index is 11.2. The van der Waals surface area contributed by atoms with E-state index in [4.69, 9.17) is 9.47 Å². The molecule has 2 heterocycles. The Hall–Kier alpha value is -0.990. The van der Waals surface area contributed by atoms with Crippen LogP contribution in [0.25, 0.3) is 0 Å². The van der Waals surface area contributed by atoms with Gasteiger partial charge in [-0.1, -0.05) is 12.5 Å². The Morgan fingerprint density at radius 2 is 1.96 bits per heavy atom. The van der Waals surface area contributed by atoms with Crippen molar-refractivity contribution >= 4 is 5.97 Å². The van der Waals surface area contributed by atoms with Gasteiger partial charge in [-0.2, -0.15) is 0 Å². The first-order valence-corrected chi connectivity index (χ1v) is 8.81. The smallest absolute Gasteiger partial charge is 0.330 e. The number of aliphatic hydroxyl groups is 3. The van der Waals surface area contributed by atoms with Crippen molar-refractivity contribution in [2.24, 2.45) is 11.8 Å². The molecule has 0 spiro atoms. The molecular formula is C18H30O7. The molecule has 8 atom stereocenters. The molecule has 2 aliphatic heterocycles. The lowest BCUT2D eigenvalue weighted by Gasteiger charge is -2.38. The Bertz CT molecular complexity index is 490. The number of hydrogen-bond acceptors (Lipinski definition) is 7. The zero-order chi connectivity index (χ0) is 18.7. The summed E-state index contributed by atoms with van der Waals surface area (Å²) < 4.78 is 15.9. The lowest BCUT2D eigenvalue weighted by molar-refractivity contribution is -0.165. The van der Waals surface area contributed by atoms with Gasteiger partial charge in [0.25, 0.3) is 0 Å². The minimum atomic E-state index is -1.02. The van der Waals surface area contributed by atoms with Crippen LogP contribution in [0, 0.1) is 11.8 Å². The minimum Gasteiger partial charge on any atom is -0.466 e. The summed E-state index contributed by atoms with van der Waals surface area (Å²) in [6.45, 7) is 5.75. The molecule has 0 aliphatic carbocycles. The highest BCUT2D eigenvalue weighted by Crippen LogP contribution is 2.38. The molecule has 7 heteroatoms. The van der Waals surface area contributed by atoms with Gasteiger partial charge in [-0.05, 0) is 26.7 Å². The first-order chi connectivity index (χ1) is 11.7. The van der Waals surface area contributed by atoms with Gasteiger partial charge >= 0.3 is 5.97 Å². The van der Waals surface area contributed by atoms with Crippen LogP contribution < -0.4 is 0 Å². The van der Waals surface area contributed by atoms with Crippen LogP contribution in [0.1, 0.15) is 33.6 Å². The Labute approximate surface area is 148 Å².